The van der Waals surface area contributed by atoms with E-state index in [1.807, 2.05) is 0 Å². The van der Waals surface area contributed by atoms with E-state index < -0.39 is 17.5 Å². The van der Waals surface area contributed by atoms with Gasteiger partial charge in [-0.1, -0.05) is 32.1 Å². The van der Waals surface area contributed by atoms with Crippen LogP contribution in [0.25, 0.3) is 0 Å². The molecule has 0 aromatic carbocycles. The monoisotopic (exact) mass is 225 g/mol. The first-order valence-electron chi connectivity index (χ1n) is 6.57. The molecule has 92 valence electrons. The second kappa shape index (κ2) is 4.74. The molecule has 1 N–H and O–H groups in total. The molecule has 0 radical (unpaired) electrons. The van der Waals surface area contributed by atoms with Crippen LogP contribution in [0.3, 0.4) is 0 Å². The van der Waals surface area contributed by atoms with Crippen molar-refractivity contribution in [1.29, 1.82) is 0 Å². The second-order valence-corrected chi connectivity index (χ2v) is 5.51. The number of hydrogen-bond acceptors (Lipinski definition) is 3. The Morgan fingerprint density at radius 3 is 2.19 bits per heavy atom. The zero-order chi connectivity index (χ0) is 11.6. The summed E-state index contributed by atoms with van der Waals surface area (Å²) in [6, 6.07) is 0. The Morgan fingerprint density at radius 1 is 1.12 bits per heavy atom. The van der Waals surface area contributed by atoms with E-state index in [2.05, 4.69) is 0 Å². The number of rotatable bonds is 3. The smallest absolute Gasteiger partial charge is 0.0730 e. The van der Waals surface area contributed by atoms with Crippen molar-refractivity contribution in [3.8, 4) is 0 Å². The molecule has 2 rings (SSSR count). The van der Waals surface area contributed by atoms with Gasteiger partial charge in [0.05, 0.1) is 5.60 Å². The molecular weight excluding hydrogens is 204 g/mol. The molecule has 0 aromatic heterocycles. The molecule has 0 aliphatic heterocycles. The second-order valence-electron chi connectivity index (χ2n) is 5.51. The van der Waals surface area contributed by atoms with Crippen LogP contribution in [0, 0.1) is 11.8 Å². The van der Waals surface area contributed by atoms with Crippen LogP contribution in [0.1, 0.15) is 57.8 Å². The van der Waals surface area contributed by atoms with Crippen LogP contribution >= 0.6 is 0 Å². The normalized spacial score (nSPS) is 27.8. The van der Waals surface area contributed by atoms with Gasteiger partial charge < -0.3 is 15.0 Å². The third kappa shape index (κ3) is 2.24. The van der Waals surface area contributed by atoms with Crippen LogP contribution in [-0.4, -0.2) is 16.7 Å². The summed E-state index contributed by atoms with van der Waals surface area (Å²) in [7, 11) is 0. The molecule has 0 aromatic rings. The van der Waals surface area contributed by atoms with Gasteiger partial charge in [-0.25, -0.2) is 0 Å². The fourth-order valence-corrected chi connectivity index (χ4v) is 3.62. The predicted molar refractivity (Wildman–Crippen MR) is 58.5 cm³/mol. The van der Waals surface area contributed by atoms with Crippen LogP contribution in [-0.2, 0) is 4.79 Å². The van der Waals surface area contributed by atoms with Crippen molar-refractivity contribution in [3.05, 3.63) is 0 Å². The van der Waals surface area contributed by atoms with Gasteiger partial charge >= 0.3 is 0 Å². The minimum absolute atomic E-state index is 0.141. The maximum atomic E-state index is 11.3. The van der Waals surface area contributed by atoms with Crippen molar-refractivity contribution in [2.24, 2.45) is 11.8 Å². The van der Waals surface area contributed by atoms with E-state index in [0.29, 0.717) is 12.8 Å². The Morgan fingerprint density at radius 2 is 1.69 bits per heavy atom. The zero-order valence-corrected chi connectivity index (χ0v) is 9.78. The Labute approximate surface area is 96.9 Å². The molecule has 0 saturated heterocycles. The van der Waals surface area contributed by atoms with E-state index in [9.17, 15) is 15.0 Å². The fourth-order valence-electron chi connectivity index (χ4n) is 3.62. The van der Waals surface area contributed by atoms with Crippen LogP contribution in [0.2, 0.25) is 0 Å². The molecule has 0 bridgehead atoms. The maximum Gasteiger partial charge on any atom is 0.0730 e. The summed E-state index contributed by atoms with van der Waals surface area (Å²) in [5.74, 6) is -1.52. The highest BCUT2D eigenvalue weighted by Gasteiger charge is 2.44. The van der Waals surface area contributed by atoms with E-state index in [1.165, 1.54) is 6.42 Å². The first-order valence-corrected chi connectivity index (χ1v) is 6.57. The SMILES string of the molecule is O=C([O-])C(C1CCCCC1)C1(O)CCCC1. The molecule has 0 amide bonds. The molecule has 2 aliphatic carbocycles. The third-order valence-corrected chi connectivity index (χ3v) is 4.42. The fraction of sp³-hybridized carbons (Fsp3) is 0.923. The number of carbonyl (C=O) groups is 1. The van der Waals surface area contributed by atoms with Gasteiger partial charge in [0.1, 0.15) is 0 Å². The van der Waals surface area contributed by atoms with Gasteiger partial charge in [-0.3, -0.25) is 0 Å². The third-order valence-electron chi connectivity index (χ3n) is 4.42. The number of carboxylic acid groups (broad SMARTS) is 1. The van der Waals surface area contributed by atoms with Crippen molar-refractivity contribution in [2.75, 3.05) is 0 Å². The Balaban J connectivity index is 2.12. The van der Waals surface area contributed by atoms with Crippen molar-refractivity contribution >= 4 is 5.97 Å². The molecule has 2 saturated carbocycles. The average Bonchev–Trinajstić information content (AvgIpc) is 2.67. The highest BCUT2D eigenvalue weighted by molar-refractivity contribution is 5.69. The molecule has 3 heteroatoms. The molecule has 2 aliphatic rings. The lowest BCUT2D eigenvalue weighted by Crippen LogP contribution is -2.50. The largest absolute Gasteiger partial charge is 0.550 e. The number of carboxylic acids is 1. The predicted octanol–water partition coefficient (Wildman–Crippen LogP) is 1.24. The van der Waals surface area contributed by atoms with Gasteiger partial charge in [-0.05, 0) is 31.6 Å². The standard InChI is InChI=1S/C13H22O3/c14-12(15)11(10-6-2-1-3-7-10)13(16)8-4-5-9-13/h10-11,16H,1-9H2,(H,14,15)/p-1. The lowest BCUT2D eigenvalue weighted by atomic mass is 9.71. The lowest BCUT2D eigenvalue weighted by Gasteiger charge is -2.40. The molecule has 0 spiro atoms. The van der Waals surface area contributed by atoms with Gasteiger partial charge in [0.25, 0.3) is 0 Å². The summed E-state index contributed by atoms with van der Waals surface area (Å²) in [6.07, 6.45) is 8.48. The van der Waals surface area contributed by atoms with E-state index in [0.717, 1.165) is 38.5 Å². The molecule has 2 fully saturated rings. The Hall–Kier alpha value is -0.570. The Kier molecular flexibility index (Phi) is 3.53. The molecule has 1 unspecified atom stereocenters. The maximum absolute atomic E-state index is 11.3. The van der Waals surface area contributed by atoms with Crippen molar-refractivity contribution in [2.45, 2.75) is 63.4 Å². The topological polar surface area (TPSA) is 60.4 Å². The van der Waals surface area contributed by atoms with E-state index in [1.54, 1.807) is 0 Å². The summed E-state index contributed by atoms with van der Waals surface area (Å²) < 4.78 is 0. The highest BCUT2D eigenvalue weighted by Crippen LogP contribution is 2.43. The Bertz CT molecular complexity index is 250. The van der Waals surface area contributed by atoms with Crippen LogP contribution in [0.4, 0.5) is 0 Å². The molecule has 0 heterocycles. The van der Waals surface area contributed by atoms with Gasteiger partial charge in [0.15, 0.2) is 0 Å². The molecule has 1 atom stereocenters. The summed E-state index contributed by atoms with van der Waals surface area (Å²) in [4.78, 5) is 11.3. The van der Waals surface area contributed by atoms with Gasteiger partial charge in [0, 0.05) is 11.9 Å². The molecule has 3 nitrogen and oxygen atoms in total. The number of hydrogen-bond donors (Lipinski definition) is 1. The summed E-state index contributed by atoms with van der Waals surface area (Å²) >= 11 is 0. The quantitative estimate of drug-likeness (QED) is 0.786. The number of aliphatic carboxylic acids is 1. The number of aliphatic hydroxyl groups is 1. The van der Waals surface area contributed by atoms with Gasteiger partial charge in [-0.15, -0.1) is 0 Å². The van der Waals surface area contributed by atoms with Crippen LogP contribution < -0.4 is 5.11 Å². The van der Waals surface area contributed by atoms with Gasteiger partial charge in [0.2, 0.25) is 0 Å². The highest BCUT2D eigenvalue weighted by atomic mass is 16.4. The average molecular weight is 225 g/mol. The first-order chi connectivity index (χ1) is 7.63. The van der Waals surface area contributed by atoms with E-state index in [4.69, 9.17) is 0 Å². The van der Waals surface area contributed by atoms with E-state index in [-0.39, 0.29) is 5.92 Å². The minimum atomic E-state index is -1.03. The van der Waals surface area contributed by atoms with Crippen molar-refractivity contribution in [3.63, 3.8) is 0 Å². The summed E-state index contributed by atoms with van der Waals surface area (Å²) in [6.45, 7) is 0. The minimum Gasteiger partial charge on any atom is -0.550 e. The number of carbonyl (C=O) groups excluding carboxylic acids is 1. The van der Waals surface area contributed by atoms with Gasteiger partial charge in [-0.2, -0.15) is 0 Å². The lowest BCUT2D eigenvalue weighted by molar-refractivity contribution is -0.320. The zero-order valence-electron chi connectivity index (χ0n) is 9.78. The molecular formula is C13H21O3-. The van der Waals surface area contributed by atoms with Crippen LogP contribution in [0.15, 0.2) is 0 Å². The first kappa shape index (κ1) is 11.9. The van der Waals surface area contributed by atoms with Crippen LogP contribution in [0.5, 0.6) is 0 Å². The summed E-state index contributed by atoms with van der Waals surface area (Å²) in [5, 5.41) is 21.8. The van der Waals surface area contributed by atoms with Crippen molar-refractivity contribution in [1.82, 2.24) is 0 Å². The summed E-state index contributed by atoms with van der Waals surface area (Å²) in [5.41, 5.74) is -0.971. The molecule has 16 heavy (non-hydrogen) atoms. The van der Waals surface area contributed by atoms with Crippen molar-refractivity contribution < 1.29 is 15.0 Å². The van der Waals surface area contributed by atoms with E-state index >= 15 is 0 Å².